The number of anilines is 1. The first-order chi connectivity index (χ1) is 11.0. The number of carbonyl (C=O) groups is 1. The van der Waals surface area contributed by atoms with E-state index < -0.39 is 0 Å². The number of hydrogen-bond acceptors (Lipinski definition) is 3. The molecular formula is C17H18BrN3O2. The number of benzene rings is 1. The van der Waals surface area contributed by atoms with Gasteiger partial charge in [0, 0.05) is 16.2 Å². The Balaban J connectivity index is 1.73. The van der Waals surface area contributed by atoms with Crippen molar-refractivity contribution < 1.29 is 4.79 Å². The summed E-state index contributed by atoms with van der Waals surface area (Å²) in [6.07, 6.45) is 2.83. The van der Waals surface area contributed by atoms with Crippen LogP contribution in [0.4, 0.5) is 5.69 Å². The van der Waals surface area contributed by atoms with Gasteiger partial charge in [-0.05, 0) is 55.0 Å². The monoisotopic (exact) mass is 375 g/mol. The van der Waals surface area contributed by atoms with Gasteiger partial charge in [0.15, 0.2) is 0 Å². The fraction of sp³-hybridized carbons (Fsp3) is 0.353. The third kappa shape index (κ3) is 3.88. The van der Waals surface area contributed by atoms with Gasteiger partial charge < -0.3 is 5.32 Å². The van der Waals surface area contributed by atoms with Crippen LogP contribution in [0.1, 0.15) is 24.6 Å². The Bertz CT molecular complexity index is 783. The van der Waals surface area contributed by atoms with Crippen LogP contribution in [0.15, 0.2) is 39.6 Å². The van der Waals surface area contributed by atoms with Gasteiger partial charge >= 0.3 is 0 Å². The molecule has 0 fully saturated rings. The Kier molecular flexibility index (Phi) is 4.61. The van der Waals surface area contributed by atoms with Gasteiger partial charge in [-0.1, -0.05) is 22.9 Å². The number of halogens is 1. The molecule has 6 heteroatoms. The second-order valence-electron chi connectivity index (χ2n) is 6.02. The summed E-state index contributed by atoms with van der Waals surface area (Å²) in [6, 6.07) is 8.92. The zero-order valence-corrected chi connectivity index (χ0v) is 14.5. The number of nitrogens with zero attached hydrogens (tertiary/aromatic N) is 2. The lowest BCUT2D eigenvalue weighted by atomic mass is 9.88. The highest BCUT2D eigenvalue weighted by molar-refractivity contribution is 9.10. The van der Waals surface area contributed by atoms with Crippen LogP contribution in [0.25, 0.3) is 0 Å². The molecule has 0 saturated carbocycles. The summed E-state index contributed by atoms with van der Waals surface area (Å²) in [7, 11) is 0. The average molecular weight is 376 g/mol. The van der Waals surface area contributed by atoms with Gasteiger partial charge in [-0.2, -0.15) is 5.10 Å². The topological polar surface area (TPSA) is 64.0 Å². The minimum Gasteiger partial charge on any atom is -0.324 e. The van der Waals surface area contributed by atoms with Crippen LogP contribution in [0.5, 0.6) is 0 Å². The number of aryl methyl sites for hydroxylation is 1. The van der Waals surface area contributed by atoms with E-state index in [2.05, 4.69) is 33.3 Å². The molecule has 5 nitrogen and oxygen atoms in total. The highest BCUT2D eigenvalue weighted by atomic mass is 79.9. The number of hydrogen-bond donors (Lipinski definition) is 1. The number of amides is 1. The Hall–Kier alpha value is -1.95. The zero-order valence-electron chi connectivity index (χ0n) is 12.9. The van der Waals surface area contributed by atoms with Crippen LogP contribution in [0.3, 0.4) is 0 Å². The highest BCUT2D eigenvalue weighted by Gasteiger charge is 2.18. The molecule has 23 heavy (non-hydrogen) atoms. The summed E-state index contributed by atoms with van der Waals surface area (Å²) in [5.41, 5.74) is 2.44. The molecule has 1 aliphatic rings. The molecule has 3 rings (SSSR count). The van der Waals surface area contributed by atoms with Crippen LogP contribution in [-0.4, -0.2) is 15.7 Å². The van der Waals surface area contributed by atoms with Crippen LogP contribution >= 0.6 is 15.9 Å². The van der Waals surface area contributed by atoms with Crippen molar-refractivity contribution in [3.8, 4) is 0 Å². The van der Waals surface area contributed by atoms with Gasteiger partial charge in [-0.15, -0.1) is 0 Å². The minimum absolute atomic E-state index is 0.0717. The first-order valence-corrected chi connectivity index (χ1v) is 8.46. The smallest absolute Gasteiger partial charge is 0.267 e. The lowest BCUT2D eigenvalue weighted by Gasteiger charge is -2.20. The first kappa shape index (κ1) is 15.9. The summed E-state index contributed by atoms with van der Waals surface area (Å²) in [6.45, 7) is 2.11. The molecular weight excluding hydrogens is 358 g/mol. The summed E-state index contributed by atoms with van der Waals surface area (Å²) < 4.78 is 2.19. The quantitative estimate of drug-likeness (QED) is 0.896. The van der Waals surface area contributed by atoms with Crippen molar-refractivity contribution >= 4 is 27.5 Å². The van der Waals surface area contributed by atoms with E-state index in [1.807, 2.05) is 12.1 Å². The zero-order chi connectivity index (χ0) is 16.4. The molecule has 0 bridgehead atoms. The average Bonchev–Trinajstić information content (AvgIpc) is 2.50. The van der Waals surface area contributed by atoms with Crippen molar-refractivity contribution in [1.82, 2.24) is 9.78 Å². The molecule has 1 N–H and O–H groups in total. The molecule has 1 amide bonds. The number of nitrogens with one attached hydrogen (secondary N) is 1. The summed E-state index contributed by atoms with van der Waals surface area (Å²) >= 11 is 3.35. The summed E-state index contributed by atoms with van der Waals surface area (Å²) in [5, 5.41) is 7.15. The van der Waals surface area contributed by atoms with Gasteiger partial charge in [0.2, 0.25) is 5.91 Å². The molecule has 1 aliphatic carbocycles. The molecule has 0 unspecified atom stereocenters. The minimum atomic E-state index is -0.258. The van der Waals surface area contributed by atoms with Crippen LogP contribution in [0.2, 0.25) is 0 Å². The molecule has 0 saturated heterocycles. The number of aromatic nitrogens is 2. The molecule has 0 spiro atoms. The van der Waals surface area contributed by atoms with E-state index in [1.165, 1.54) is 4.68 Å². The Morgan fingerprint density at radius 1 is 1.39 bits per heavy atom. The fourth-order valence-electron chi connectivity index (χ4n) is 2.80. The van der Waals surface area contributed by atoms with Crippen molar-refractivity contribution in [2.45, 2.75) is 32.7 Å². The molecule has 1 aromatic carbocycles. The van der Waals surface area contributed by atoms with Crippen LogP contribution < -0.4 is 10.9 Å². The van der Waals surface area contributed by atoms with Crippen molar-refractivity contribution in [3.05, 3.63) is 56.4 Å². The van der Waals surface area contributed by atoms with Crippen LogP contribution in [0, 0.1) is 5.92 Å². The molecule has 0 aliphatic heterocycles. The lowest BCUT2D eigenvalue weighted by Crippen LogP contribution is -2.32. The van der Waals surface area contributed by atoms with Gasteiger partial charge in [-0.3, -0.25) is 9.59 Å². The molecule has 0 radical (unpaired) electrons. The highest BCUT2D eigenvalue weighted by Crippen LogP contribution is 2.22. The maximum absolute atomic E-state index is 12.1. The largest absolute Gasteiger partial charge is 0.324 e. The second-order valence-corrected chi connectivity index (χ2v) is 6.93. The maximum atomic E-state index is 12.1. The van der Waals surface area contributed by atoms with Gasteiger partial charge in [0.25, 0.3) is 5.56 Å². The summed E-state index contributed by atoms with van der Waals surface area (Å²) in [5.74, 6) is 0.325. The Labute approximate surface area is 142 Å². The van der Waals surface area contributed by atoms with E-state index in [0.717, 1.165) is 35.0 Å². The van der Waals surface area contributed by atoms with Crippen molar-refractivity contribution in [3.63, 3.8) is 0 Å². The third-order valence-corrected chi connectivity index (χ3v) is 4.56. The van der Waals surface area contributed by atoms with E-state index in [1.54, 1.807) is 18.2 Å². The molecule has 1 atom stereocenters. The first-order valence-electron chi connectivity index (χ1n) is 7.66. The van der Waals surface area contributed by atoms with E-state index in [9.17, 15) is 9.59 Å². The lowest BCUT2D eigenvalue weighted by molar-refractivity contribution is -0.117. The Morgan fingerprint density at radius 2 is 2.13 bits per heavy atom. The molecule has 120 valence electrons. The van der Waals surface area contributed by atoms with E-state index >= 15 is 0 Å². The third-order valence-electron chi connectivity index (χ3n) is 4.03. The maximum Gasteiger partial charge on any atom is 0.267 e. The van der Waals surface area contributed by atoms with E-state index in [-0.39, 0.29) is 18.0 Å². The normalized spacial score (nSPS) is 16.7. The van der Waals surface area contributed by atoms with E-state index in [4.69, 9.17) is 0 Å². The molecule has 1 heterocycles. The van der Waals surface area contributed by atoms with Gasteiger partial charge in [0.05, 0.1) is 5.69 Å². The van der Waals surface area contributed by atoms with Crippen molar-refractivity contribution in [2.75, 3.05) is 5.32 Å². The Morgan fingerprint density at radius 3 is 2.87 bits per heavy atom. The number of rotatable bonds is 3. The van der Waals surface area contributed by atoms with Crippen LogP contribution in [-0.2, 0) is 24.2 Å². The predicted molar refractivity (Wildman–Crippen MR) is 92.5 cm³/mol. The molecule has 1 aromatic heterocycles. The van der Waals surface area contributed by atoms with Gasteiger partial charge in [0.1, 0.15) is 6.54 Å². The SMILES string of the molecule is C[C@@H]1CCc2nn(CC(=O)Nc3ccc(Br)cc3)c(=O)cc2C1. The van der Waals surface area contributed by atoms with Crippen molar-refractivity contribution in [2.24, 2.45) is 5.92 Å². The summed E-state index contributed by atoms with van der Waals surface area (Å²) in [4.78, 5) is 24.3. The number of carbonyl (C=O) groups excluding carboxylic acids is 1. The van der Waals surface area contributed by atoms with Crippen molar-refractivity contribution in [1.29, 1.82) is 0 Å². The molecule has 2 aromatic rings. The van der Waals surface area contributed by atoms with Gasteiger partial charge in [-0.25, -0.2) is 4.68 Å². The van der Waals surface area contributed by atoms with E-state index in [0.29, 0.717) is 11.6 Å². The second kappa shape index (κ2) is 6.66. The number of fused-ring (bicyclic) bond motifs is 1. The standard InChI is InChI=1S/C17H18BrN3O2/c1-11-2-7-15-12(8-11)9-17(23)21(20-15)10-16(22)19-14-5-3-13(18)4-6-14/h3-6,9,11H,2,7-8,10H2,1H3,(H,19,22)/t11-/m1/s1. The fourth-order valence-corrected chi connectivity index (χ4v) is 3.06. The predicted octanol–water partition coefficient (Wildman–Crippen LogP) is 2.77.